The van der Waals surface area contributed by atoms with E-state index in [4.69, 9.17) is 17.2 Å². The van der Waals surface area contributed by atoms with Gasteiger partial charge in [-0.3, -0.25) is 29.1 Å². The van der Waals surface area contributed by atoms with Gasteiger partial charge in [0.05, 0.1) is 0 Å². The van der Waals surface area contributed by atoms with Gasteiger partial charge in [-0.2, -0.15) is 0 Å². The fraction of sp³-hybridized carbons (Fsp3) is 0.846. The maximum atomic E-state index is 15.1. The van der Waals surface area contributed by atoms with Crippen LogP contribution in [0, 0.1) is 17.8 Å². The molecule has 1 aromatic rings. The lowest BCUT2D eigenvalue weighted by Crippen LogP contribution is -2.66. The molecule has 0 aromatic carbocycles. The Hall–Kier alpha value is -3.30. The Labute approximate surface area is 320 Å². The second-order valence-electron chi connectivity index (χ2n) is 20.6. The molecule has 3 aliphatic rings. The number of piperidine rings is 3. The van der Waals surface area contributed by atoms with Gasteiger partial charge >= 0.3 is 17.1 Å². The minimum Gasteiger partial charge on any atom is -0.368 e. The molecule has 0 aliphatic carbocycles. The first-order valence-electron chi connectivity index (χ1n) is 19.3. The van der Waals surface area contributed by atoms with E-state index in [1.807, 2.05) is 104 Å². The summed E-state index contributed by atoms with van der Waals surface area (Å²) in [4.78, 5) is 93.1. The molecule has 3 unspecified atom stereocenters. The van der Waals surface area contributed by atoms with Gasteiger partial charge in [-0.25, -0.2) is 28.1 Å². The zero-order chi connectivity index (χ0) is 41.6. The van der Waals surface area contributed by atoms with Gasteiger partial charge in [0.1, 0.15) is 18.1 Å². The maximum Gasteiger partial charge on any atom is 0.337 e. The minimum absolute atomic E-state index is 0.374. The van der Waals surface area contributed by atoms with Gasteiger partial charge in [-0.1, -0.05) is 0 Å². The van der Waals surface area contributed by atoms with Crippen molar-refractivity contribution in [3.63, 3.8) is 0 Å². The number of primary amides is 3. The smallest absolute Gasteiger partial charge is 0.337 e. The van der Waals surface area contributed by atoms with Crippen molar-refractivity contribution in [3.05, 3.63) is 31.5 Å². The molecule has 0 radical (unpaired) electrons. The molecular formula is C39H69N9O6. The third-order valence-corrected chi connectivity index (χ3v) is 14.3. The van der Waals surface area contributed by atoms with E-state index in [2.05, 4.69) is 14.7 Å². The Morgan fingerprint density at radius 3 is 0.704 bits per heavy atom. The summed E-state index contributed by atoms with van der Waals surface area (Å²) < 4.78 is 2.19. The number of carbonyl (C=O) groups excluding carboxylic acids is 3. The molecule has 6 N–H and O–H groups in total. The highest BCUT2D eigenvalue weighted by atomic mass is 16.2. The van der Waals surface area contributed by atoms with E-state index in [0.29, 0.717) is 38.5 Å². The molecule has 15 heteroatoms. The lowest BCUT2D eigenvalue weighted by molar-refractivity contribution is -0.126. The summed E-state index contributed by atoms with van der Waals surface area (Å²) in [6.07, 6.45) is 2.24. The normalized spacial score (nSPS) is 26.5. The summed E-state index contributed by atoms with van der Waals surface area (Å²) >= 11 is 0. The van der Waals surface area contributed by atoms with Gasteiger partial charge in [0, 0.05) is 33.2 Å². The standard InChI is InChI=1S/C39H69N9O6/c1-34(2)16-22(17-35(3,4)43(34)13)25(28(40)49)46-31(52)47(26(29(41)50)23-18-36(5,6)44(14)37(7,8)19-23)33(54)48(32(46)53)27(30(42)51)24-20-38(9,10)45(15)39(11,12)21-24/h22-27H,16-21H2,1-15H3,(H2,40,49)(H2,41,50)(H2,42,51). The van der Waals surface area contributed by atoms with Crippen LogP contribution in [0.4, 0.5) is 0 Å². The summed E-state index contributed by atoms with van der Waals surface area (Å²) in [6, 6.07) is -4.56. The predicted molar refractivity (Wildman–Crippen MR) is 210 cm³/mol. The number of carbonyl (C=O) groups is 3. The van der Waals surface area contributed by atoms with Crippen LogP contribution in [-0.2, 0) is 14.4 Å². The van der Waals surface area contributed by atoms with Crippen LogP contribution < -0.4 is 34.3 Å². The Morgan fingerprint density at radius 2 is 0.574 bits per heavy atom. The molecular weight excluding hydrogens is 690 g/mol. The Bertz CT molecular complexity index is 1560. The van der Waals surface area contributed by atoms with Crippen molar-refractivity contribution >= 4 is 17.7 Å². The second kappa shape index (κ2) is 13.7. The molecule has 0 bridgehead atoms. The van der Waals surface area contributed by atoms with E-state index < -0.39 is 104 Å². The quantitative estimate of drug-likeness (QED) is 0.336. The molecule has 3 atom stereocenters. The molecule has 4 rings (SSSR count). The van der Waals surface area contributed by atoms with Crippen molar-refractivity contribution in [2.75, 3.05) is 21.1 Å². The fourth-order valence-electron chi connectivity index (χ4n) is 11.0. The first-order valence-corrected chi connectivity index (χ1v) is 19.3. The lowest BCUT2D eigenvalue weighted by Gasteiger charge is -2.55. The van der Waals surface area contributed by atoms with Crippen molar-refractivity contribution < 1.29 is 14.4 Å². The number of rotatable bonds is 9. The molecule has 1 aromatic heterocycles. The van der Waals surface area contributed by atoms with E-state index >= 15 is 14.4 Å². The third kappa shape index (κ3) is 7.36. The monoisotopic (exact) mass is 760 g/mol. The van der Waals surface area contributed by atoms with Crippen LogP contribution in [0.15, 0.2) is 14.4 Å². The molecule has 54 heavy (non-hydrogen) atoms. The molecule has 4 heterocycles. The summed E-state index contributed by atoms with van der Waals surface area (Å²) in [5.74, 6) is -4.72. The largest absolute Gasteiger partial charge is 0.368 e. The number of amides is 3. The summed E-state index contributed by atoms with van der Waals surface area (Å²) in [5.41, 5.74) is 12.1. The Kier molecular flexibility index (Phi) is 11.0. The highest BCUT2D eigenvalue weighted by molar-refractivity contribution is 5.80. The minimum atomic E-state index is -1.52. The van der Waals surface area contributed by atoms with Crippen molar-refractivity contribution in [3.8, 4) is 0 Å². The number of likely N-dealkylation sites (tertiary alicyclic amines) is 3. The topological polar surface area (TPSA) is 205 Å². The second-order valence-corrected chi connectivity index (χ2v) is 20.6. The van der Waals surface area contributed by atoms with E-state index in [9.17, 15) is 14.4 Å². The number of nitrogens with zero attached hydrogens (tertiary/aromatic N) is 6. The summed E-state index contributed by atoms with van der Waals surface area (Å²) in [5, 5.41) is 0. The molecule has 306 valence electrons. The summed E-state index contributed by atoms with van der Waals surface area (Å²) in [7, 11) is 5.96. The fourth-order valence-corrected chi connectivity index (χ4v) is 11.0. The SMILES string of the molecule is CN1C(C)(C)CC(C(C(N)=O)n2c(=O)n(C(C(N)=O)C3CC(C)(C)N(C)C(C)(C)C3)c(=O)n(C(C(N)=O)C3CC(C)(C)N(C)C(C)(C)C3)c2=O)CC1(C)C. The average molecular weight is 760 g/mol. The molecule has 3 amide bonds. The van der Waals surface area contributed by atoms with Gasteiger partial charge in [0.2, 0.25) is 17.7 Å². The van der Waals surface area contributed by atoms with Crippen molar-refractivity contribution in [1.82, 2.24) is 28.4 Å². The van der Waals surface area contributed by atoms with E-state index in [1.165, 1.54) is 0 Å². The van der Waals surface area contributed by atoms with Crippen molar-refractivity contribution in [1.29, 1.82) is 0 Å². The molecule has 0 spiro atoms. The average Bonchev–Trinajstić information content (AvgIpc) is 2.98. The number of hydrogen-bond donors (Lipinski definition) is 3. The Balaban J connectivity index is 2.15. The number of nitrogens with two attached hydrogens (primary N) is 3. The highest BCUT2D eigenvalue weighted by Gasteiger charge is 2.52. The number of hydrogen-bond acceptors (Lipinski definition) is 9. The van der Waals surface area contributed by atoms with Crippen molar-refractivity contribution in [2.24, 2.45) is 35.0 Å². The van der Waals surface area contributed by atoms with E-state index in [0.717, 1.165) is 13.7 Å². The van der Waals surface area contributed by atoms with Crippen LogP contribution >= 0.6 is 0 Å². The van der Waals surface area contributed by atoms with E-state index in [-0.39, 0.29) is 0 Å². The van der Waals surface area contributed by atoms with Gasteiger partial charge in [0.25, 0.3) is 0 Å². The van der Waals surface area contributed by atoms with Crippen LogP contribution in [-0.4, -0.2) is 100 Å². The third-order valence-electron chi connectivity index (χ3n) is 14.3. The van der Waals surface area contributed by atoms with Crippen LogP contribution in [0.2, 0.25) is 0 Å². The van der Waals surface area contributed by atoms with Crippen LogP contribution in [0.5, 0.6) is 0 Å². The summed E-state index contributed by atoms with van der Waals surface area (Å²) in [6.45, 7) is 24.2. The van der Waals surface area contributed by atoms with E-state index in [1.54, 1.807) is 0 Å². The van der Waals surface area contributed by atoms with Gasteiger partial charge in [0.15, 0.2) is 0 Å². The van der Waals surface area contributed by atoms with Crippen LogP contribution in [0.3, 0.4) is 0 Å². The highest BCUT2D eigenvalue weighted by Crippen LogP contribution is 2.47. The molecule has 3 aliphatic heterocycles. The first kappa shape index (κ1) is 43.4. The predicted octanol–water partition coefficient (Wildman–Crippen LogP) is 1.95. The maximum absolute atomic E-state index is 15.1. The van der Waals surface area contributed by atoms with Gasteiger partial charge in [-0.15, -0.1) is 0 Å². The molecule has 3 fully saturated rings. The first-order chi connectivity index (χ1) is 24.2. The molecule has 15 nitrogen and oxygen atoms in total. The number of aromatic nitrogens is 3. The molecule has 0 saturated carbocycles. The lowest BCUT2D eigenvalue weighted by atomic mass is 9.71. The Morgan fingerprint density at radius 1 is 0.426 bits per heavy atom. The zero-order valence-electron chi connectivity index (χ0n) is 35.6. The van der Waals surface area contributed by atoms with Crippen LogP contribution in [0.25, 0.3) is 0 Å². The zero-order valence-corrected chi connectivity index (χ0v) is 35.6. The van der Waals surface area contributed by atoms with Crippen LogP contribution in [0.1, 0.15) is 140 Å². The molecule has 3 saturated heterocycles. The van der Waals surface area contributed by atoms with Gasteiger partial charge in [-0.05, 0) is 161 Å². The van der Waals surface area contributed by atoms with Gasteiger partial charge < -0.3 is 17.2 Å². The van der Waals surface area contributed by atoms with Crippen molar-refractivity contribution in [2.45, 2.75) is 173 Å².